The number of fused-ring (bicyclic) bond motifs is 4. The Morgan fingerprint density at radius 1 is 0.917 bits per heavy atom. The SMILES string of the molecule is O=C1C2C=CC1C(COc1cccc3cc4ccccc4cc13)C2. The average molecular weight is 314 g/mol. The van der Waals surface area contributed by atoms with E-state index in [1.165, 1.54) is 16.2 Å². The van der Waals surface area contributed by atoms with E-state index in [1.807, 2.05) is 12.1 Å². The minimum atomic E-state index is 0.0748. The number of carbonyl (C=O) groups excluding carboxylic acids is 1. The smallest absolute Gasteiger partial charge is 0.146 e. The molecule has 3 atom stereocenters. The topological polar surface area (TPSA) is 26.3 Å². The molecule has 0 heterocycles. The summed E-state index contributed by atoms with van der Waals surface area (Å²) in [7, 11) is 0. The number of hydrogen-bond acceptors (Lipinski definition) is 2. The van der Waals surface area contributed by atoms with E-state index in [4.69, 9.17) is 4.74 Å². The van der Waals surface area contributed by atoms with Gasteiger partial charge in [-0.3, -0.25) is 4.79 Å². The molecule has 0 saturated heterocycles. The van der Waals surface area contributed by atoms with E-state index < -0.39 is 0 Å². The Bertz CT molecular complexity index is 986. The lowest BCUT2D eigenvalue weighted by atomic mass is 9.94. The summed E-state index contributed by atoms with van der Waals surface area (Å²) in [6.45, 7) is 0.614. The van der Waals surface area contributed by atoms with E-state index in [2.05, 4.69) is 54.6 Å². The summed E-state index contributed by atoms with van der Waals surface area (Å²) >= 11 is 0. The van der Waals surface area contributed by atoms with Gasteiger partial charge in [-0.1, -0.05) is 48.6 Å². The number of benzene rings is 3. The van der Waals surface area contributed by atoms with Gasteiger partial charge in [-0.25, -0.2) is 0 Å². The third-order valence-corrected chi connectivity index (χ3v) is 5.47. The molecular weight excluding hydrogens is 296 g/mol. The van der Waals surface area contributed by atoms with Gasteiger partial charge in [-0.2, -0.15) is 0 Å². The lowest BCUT2D eigenvalue weighted by Crippen LogP contribution is -2.18. The molecule has 0 spiro atoms. The molecule has 24 heavy (non-hydrogen) atoms. The Morgan fingerprint density at radius 3 is 2.46 bits per heavy atom. The molecule has 2 aliphatic carbocycles. The summed E-state index contributed by atoms with van der Waals surface area (Å²) in [6, 6.07) is 19.0. The Balaban J connectivity index is 1.47. The predicted molar refractivity (Wildman–Crippen MR) is 96.2 cm³/mol. The van der Waals surface area contributed by atoms with Crippen molar-refractivity contribution in [1.29, 1.82) is 0 Å². The van der Waals surface area contributed by atoms with E-state index in [0.717, 1.165) is 17.6 Å². The van der Waals surface area contributed by atoms with Crippen LogP contribution in [0.1, 0.15) is 6.42 Å². The first-order chi connectivity index (χ1) is 11.8. The van der Waals surface area contributed by atoms with Gasteiger partial charge >= 0.3 is 0 Å². The van der Waals surface area contributed by atoms with E-state index in [-0.39, 0.29) is 11.8 Å². The molecule has 0 N–H and O–H groups in total. The van der Waals surface area contributed by atoms with Crippen LogP contribution in [0.2, 0.25) is 0 Å². The minimum absolute atomic E-state index is 0.0748. The molecule has 0 aliphatic heterocycles. The summed E-state index contributed by atoms with van der Waals surface area (Å²) in [6.07, 6.45) is 5.07. The summed E-state index contributed by atoms with van der Waals surface area (Å²) in [4.78, 5) is 12.0. The number of Topliss-reactive ketones (excluding diaryl/α,β-unsaturated/α-hetero) is 1. The van der Waals surface area contributed by atoms with Gasteiger partial charge in [0.05, 0.1) is 6.61 Å². The quantitative estimate of drug-likeness (QED) is 0.514. The van der Waals surface area contributed by atoms with Crippen LogP contribution in [0.25, 0.3) is 21.5 Å². The highest BCUT2D eigenvalue weighted by Crippen LogP contribution is 2.41. The molecule has 1 saturated carbocycles. The first kappa shape index (κ1) is 13.8. The molecule has 2 aliphatic rings. The molecule has 0 radical (unpaired) electrons. The normalized spacial score (nSPS) is 25.0. The Kier molecular flexibility index (Phi) is 2.99. The first-order valence-electron chi connectivity index (χ1n) is 8.56. The third kappa shape index (κ3) is 2.06. The molecule has 118 valence electrons. The van der Waals surface area contributed by atoms with Crippen molar-refractivity contribution in [3.05, 3.63) is 66.7 Å². The molecular formula is C22H18O2. The first-order valence-corrected chi connectivity index (χ1v) is 8.56. The fourth-order valence-corrected chi connectivity index (χ4v) is 4.18. The van der Waals surface area contributed by atoms with Crippen molar-refractivity contribution in [3.63, 3.8) is 0 Å². The maximum Gasteiger partial charge on any atom is 0.146 e. The molecule has 2 heteroatoms. The van der Waals surface area contributed by atoms with Gasteiger partial charge < -0.3 is 4.74 Å². The molecule has 5 rings (SSSR count). The highest BCUT2D eigenvalue weighted by Gasteiger charge is 2.43. The third-order valence-electron chi connectivity index (χ3n) is 5.47. The van der Waals surface area contributed by atoms with Gasteiger partial charge in [0.2, 0.25) is 0 Å². The lowest BCUT2D eigenvalue weighted by Gasteiger charge is -2.18. The molecule has 0 amide bonds. The van der Waals surface area contributed by atoms with Gasteiger partial charge in [-0.15, -0.1) is 0 Å². The zero-order valence-electron chi connectivity index (χ0n) is 13.3. The van der Waals surface area contributed by atoms with E-state index in [0.29, 0.717) is 18.3 Å². The number of ketones is 1. The van der Waals surface area contributed by atoms with Crippen LogP contribution in [0, 0.1) is 17.8 Å². The maximum atomic E-state index is 12.0. The van der Waals surface area contributed by atoms with E-state index in [1.54, 1.807) is 0 Å². The van der Waals surface area contributed by atoms with Crippen molar-refractivity contribution in [2.45, 2.75) is 6.42 Å². The zero-order chi connectivity index (χ0) is 16.1. The number of ether oxygens (including phenoxy) is 1. The predicted octanol–water partition coefficient (Wildman–Crippen LogP) is 4.76. The van der Waals surface area contributed by atoms with Crippen LogP contribution in [0.4, 0.5) is 0 Å². The second kappa shape index (κ2) is 5.20. The molecule has 0 aromatic heterocycles. The highest BCUT2D eigenvalue weighted by atomic mass is 16.5. The van der Waals surface area contributed by atoms with Crippen molar-refractivity contribution >= 4 is 27.3 Å². The molecule has 3 aromatic carbocycles. The second-order valence-electron chi connectivity index (χ2n) is 6.90. The fourth-order valence-electron chi connectivity index (χ4n) is 4.18. The van der Waals surface area contributed by atoms with Crippen molar-refractivity contribution in [2.75, 3.05) is 6.61 Å². The van der Waals surface area contributed by atoms with Crippen LogP contribution < -0.4 is 4.74 Å². The summed E-state index contributed by atoms with van der Waals surface area (Å²) in [5.74, 6) is 1.83. The standard InChI is InChI=1S/C22H18O2/c23-22-17-8-9-19(22)18(11-17)13-24-21-7-3-6-16-10-14-4-1-2-5-15(14)12-20(16)21/h1-10,12,17-19H,11,13H2. The van der Waals surface area contributed by atoms with Crippen molar-refractivity contribution in [1.82, 2.24) is 0 Å². The lowest BCUT2D eigenvalue weighted by molar-refractivity contribution is -0.121. The largest absolute Gasteiger partial charge is 0.493 e. The number of allylic oxidation sites excluding steroid dienone is 2. The van der Waals surface area contributed by atoms with Crippen LogP contribution in [-0.2, 0) is 4.79 Å². The summed E-state index contributed by atoms with van der Waals surface area (Å²) in [5, 5.41) is 4.79. The number of hydrogen-bond donors (Lipinski definition) is 0. The van der Waals surface area contributed by atoms with Crippen LogP contribution >= 0.6 is 0 Å². The summed E-state index contributed by atoms with van der Waals surface area (Å²) in [5.41, 5.74) is 0. The van der Waals surface area contributed by atoms with Gasteiger partial charge in [0.15, 0.2) is 0 Å². The number of rotatable bonds is 3. The fraction of sp³-hybridized carbons (Fsp3) is 0.227. The van der Waals surface area contributed by atoms with Crippen molar-refractivity contribution in [2.24, 2.45) is 17.8 Å². The Morgan fingerprint density at radius 2 is 1.71 bits per heavy atom. The van der Waals surface area contributed by atoms with E-state index >= 15 is 0 Å². The molecule has 3 unspecified atom stereocenters. The average Bonchev–Trinajstić information content (AvgIpc) is 3.12. The minimum Gasteiger partial charge on any atom is -0.493 e. The van der Waals surface area contributed by atoms with Crippen LogP contribution in [0.3, 0.4) is 0 Å². The number of carbonyl (C=O) groups is 1. The van der Waals surface area contributed by atoms with Crippen LogP contribution in [-0.4, -0.2) is 12.4 Å². The zero-order valence-corrected chi connectivity index (χ0v) is 13.3. The van der Waals surface area contributed by atoms with Gasteiger partial charge in [-0.05, 0) is 40.8 Å². The van der Waals surface area contributed by atoms with Crippen LogP contribution in [0.5, 0.6) is 5.75 Å². The molecule has 1 fully saturated rings. The van der Waals surface area contributed by atoms with Gasteiger partial charge in [0.25, 0.3) is 0 Å². The van der Waals surface area contributed by atoms with Gasteiger partial charge in [0.1, 0.15) is 11.5 Å². The van der Waals surface area contributed by atoms with Crippen molar-refractivity contribution < 1.29 is 9.53 Å². The van der Waals surface area contributed by atoms with Crippen molar-refractivity contribution in [3.8, 4) is 5.75 Å². The van der Waals surface area contributed by atoms with Crippen LogP contribution in [0.15, 0.2) is 66.7 Å². The van der Waals surface area contributed by atoms with E-state index in [9.17, 15) is 4.79 Å². The summed E-state index contributed by atoms with van der Waals surface area (Å²) < 4.78 is 6.17. The molecule has 3 aromatic rings. The highest BCUT2D eigenvalue weighted by molar-refractivity contribution is 6.00. The molecule has 2 bridgehead atoms. The monoisotopic (exact) mass is 314 g/mol. The molecule has 2 nitrogen and oxygen atoms in total. The maximum absolute atomic E-state index is 12.0. The Labute approximate surface area is 140 Å². The van der Waals surface area contributed by atoms with Gasteiger partial charge in [0, 0.05) is 23.1 Å². The Hall–Kier alpha value is -2.61. The second-order valence-corrected chi connectivity index (χ2v) is 6.90.